The van der Waals surface area contributed by atoms with Crippen molar-refractivity contribution < 1.29 is 17.7 Å². The summed E-state index contributed by atoms with van der Waals surface area (Å²) in [5.41, 5.74) is -0.481. The number of pyridine rings is 1. The predicted octanol–water partition coefficient (Wildman–Crippen LogP) is 4.69. The van der Waals surface area contributed by atoms with E-state index in [0.717, 1.165) is 44.1 Å². The highest BCUT2D eigenvalue weighted by Crippen LogP contribution is 2.32. The van der Waals surface area contributed by atoms with Crippen LogP contribution in [0.15, 0.2) is 47.1 Å². The molecule has 3 heterocycles. The quantitative estimate of drug-likeness (QED) is 0.590. The van der Waals surface area contributed by atoms with Gasteiger partial charge in [-0.15, -0.1) is 0 Å². The Kier molecular flexibility index (Phi) is 5.66. The number of benzene rings is 1. The fourth-order valence-electron chi connectivity index (χ4n) is 3.44. The van der Waals surface area contributed by atoms with Gasteiger partial charge in [0.25, 0.3) is 0 Å². The molecule has 1 aromatic carbocycles. The van der Waals surface area contributed by atoms with Crippen LogP contribution in [0.4, 0.5) is 19.0 Å². The third-order valence-electron chi connectivity index (χ3n) is 5.15. The van der Waals surface area contributed by atoms with Crippen molar-refractivity contribution in [3.63, 3.8) is 0 Å². The summed E-state index contributed by atoms with van der Waals surface area (Å²) in [6, 6.07) is 8.34. The predicted molar refractivity (Wildman–Crippen MR) is 106 cm³/mol. The van der Waals surface area contributed by atoms with Crippen molar-refractivity contribution in [1.82, 2.24) is 20.0 Å². The van der Waals surface area contributed by atoms with E-state index in [1.165, 1.54) is 12.1 Å². The van der Waals surface area contributed by atoms with Crippen LogP contribution in [0.3, 0.4) is 0 Å². The van der Waals surface area contributed by atoms with Gasteiger partial charge in [0.05, 0.1) is 16.6 Å². The Bertz CT molecular complexity index is 1020. The van der Waals surface area contributed by atoms with Gasteiger partial charge in [0, 0.05) is 37.9 Å². The van der Waals surface area contributed by atoms with E-state index < -0.39 is 11.7 Å². The number of anilines is 1. The molecule has 10 heteroatoms. The normalized spacial score (nSPS) is 16.6. The number of alkyl halides is 3. The van der Waals surface area contributed by atoms with E-state index in [2.05, 4.69) is 24.9 Å². The zero-order valence-electron chi connectivity index (χ0n) is 16.1. The maximum Gasteiger partial charge on any atom is 0.416 e. The minimum absolute atomic E-state index is 0.141. The van der Waals surface area contributed by atoms with Crippen molar-refractivity contribution in [1.29, 1.82) is 0 Å². The summed E-state index contributed by atoms with van der Waals surface area (Å²) in [5.74, 6) is 1.27. The number of rotatable bonds is 4. The topological polar surface area (TPSA) is 58.3 Å². The smallest absolute Gasteiger partial charge is 0.353 e. The highest BCUT2D eigenvalue weighted by atomic mass is 35.5. The molecule has 158 valence electrons. The second kappa shape index (κ2) is 8.23. The van der Waals surface area contributed by atoms with Crippen LogP contribution in [-0.4, -0.2) is 46.2 Å². The number of aromatic nitrogens is 3. The van der Waals surface area contributed by atoms with Crippen molar-refractivity contribution in [2.75, 3.05) is 31.1 Å². The molecule has 1 aliphatic rings. The van der Waals surface area contributed by atoms with Crippen LogP contribution in [0.25, 0.3) is 11.4 Å². The van der Waals surface area contributed by atoms with Crippen LogP contribution >= 0.6 is 11.6 Å². The van der Waals surface area contributed by atoms with Crippen LogP contribution in [0.5, 0.6) is 0 Å². The van der Waals surface area contributed by atoms with Gasteiger partial charge in [-0.25, -0.2) is 4.98 Å². The van der Waals surface area contributed by atoms with E-state index in [-0.39, 0.29) is 17.4 Å². The Hall–Kier alpha value is -2.65. The highest BCUT2D eigenvalue weighted by molar-refractivity contribution is 6.32. The van der Waals surface area contributed by atoms with Crippen molar-refractivity contribution in [2.24, 2.45) is 0 Å². The monoisotopic (exact) mass is 437 g/mol. The number of hydrogen-bond acceptors (Lipinski definition) is 6. The standard InChI is InChI=1S/C20H19ClF3N5O/c1-13(28-8-10-29(11-9-28)18-16(21)6-3-7-25-18)19-26-17(27-30-19)14-4-2-5-15(12-14)20(22,23)24/h2-7,12-13H,8-11H2,1H3. The van der Waals surface area contributed by atoms with Gasteiger partial charge < -0.3 is 9.42 Å². The molecular formula is C20H19ClF3N5O. The lowest BCUT2D eigenvalue weighted by atomic mass is 10.1. The largest absolute Gasteiger partial charge is 0.416 e. The summed E-state index contributed by atoms with van der Waals surface area (Å²) in [5, 5.41) is 4.49. The Balaban J connectivity index is 1.44. The molecule has 0 bridgehead atoms. The molecule has 30 heavy (non-hydrogen) atoms. The van der Waals surface area contributed by atoms with Gasteiger partial charge in [-0.3, -0.25) is 4.90 Å². The van der Waals surface area contributed by atoms with E-state index in [9.17, 15) is 13.2 Å². The van der Waals surface area contributed by atoms with E-state index in [1.54, 1.807) is 12.3 Å². The highest BCUT2D eigenvalue weighted by Gasteiger charge is 2.31. The Morgan fingerprint density at radius 2 is 1.87 bits per heavy atom. The van der Waals surface area contributed by atoms with E-state index in [0.29, 0.717) is 10.9 Å². The zero-order chi connectivity index (χ0) is 21.3. The molecule has 0 amide bonds. The molecule has 1 atom stereocenters. The molecule has 3 aromatic rings. The van der Waals surface area contributed by atoms with Crippen molar-refractivity contribution in [2.45, 2.75) is 19.1 Å². The second-order valence-electron chi connectivity index (χ2n) is 7.04. The Morgan fingerprint density at radius 1 is 1.10 bits per heavy atom. The van der Waals surface area contributed by atoms with Crippen molar-refractivity contribution in [3.8, 4) is 11.4 Å². The molecule has 0 spiro atoms. The summed E-state index contributed by atoms with van der Waals surface area (Å²) in [6.45, 7) is 4.86. The molecule has 1 unspecified atom stereocenters. The van der Waals surface area contributed by atoms with Crippen LogP contribution in [0, 0.1) is 0 Å². The van der Waals surface area contributed by atoms with E-state index in [1.807, 2.05) is 13.0 Å². The second-order valence-corrected chi connectivity index (χ2v) is 7.45. The first-order chi connectivity index (χ1) is 14.3. The van der Waals surface area contributed by atoms with Crippen molar-refractivity contribution >= 4 is 17.4 Å². The SMILES string of the molecule is CC(c1nc(-c2cccc(C(F)(F)F)c2)no1)N1CCN(c2ncccc2Cl)CC1. The van der Waals surface area contributed by atoms with Gasteiger partial charge in [0.2, 0.25) is 11.7 Å². The molecule has 2 aromatic heterocycles. The van der Waals surface area contributed by atoms with Gasteiger partial charge in [-0.1, -0.05) is 28.9 Å². The maximum atomic E-state index is 13.0. The molecule has 4 rings (SSSR count). The van der Waals surface area contributed by atoms with Gasteiger partial charge in [-0.05, 0) is 31.2 Å². The average Bonchev–Trinajstić information content (AvgIpc) is 3.24. The number of halogens is 4. The van der Waals surface area contributed by atoms with Crippen LogP contribution in [0.2, 0.25) is 5.02 Å². The molecule has 1 fully saturated rings. The average molecular weight is 438 g/mol. The van der Waals surface area contributed by atoms with E-state index in [4.69, 9.17) is 16.1 Å². The summed E-state index contributed by atoms with van der Waals surface area (Å²) >= 11 is 6.23. The van der Waals surface area contributed by atoms with Gasteiger partial charge in [-0.2, -0.15) is 18.2 Å². The van der Waals surface area contributed by atoms with Gasteiger partial charge >= 0.3 is 6.18 Å². The summed E-state index contributed by atoms with van der Waals surface area (Å²) in [4.78, 5) is 13.0. The van der Waals surface area contributed by atoms with Crippen molar-refractivity contribution in [3.05, 3.63) is 59.1 Å². The number of piperazine rings is 1. The minimum atomic E-state index is -4.42. The molecule has 0 saturated carbocycles. The molecule has 0 aliphatic carbocycles. The molecule has 0 radical (unpaired) electrons. The number of nitrogens with zero attached hydrogens (tertiary/aromatic N) is 5. The van der Waals surface area contributed by atoms with E-state index >= 15 is 0 Å². The fourth-order valence-corrected chi connectivity index (χ4v) is 3.69. The van der Waals surface area contributed by atoms with Crippen LogP contribution in [0.1, 0.15) is 24.4 Å². The molecule has 0 N–H and O–H groups in total. The third-order valence-corrected chi connectivity index (χ3v) is 5.44. The molecule has 1 aliphatic heterocycles. The van der Waals surface area contributed by atoms with Gasteiger partial charge in [0.15, 0.2) is 0 Å². The van der Waals surface area contributed by atoms with Crippen LogP contribution in [-0.2, 0) is 6.18 Å². The first kappa shape index (κ1) is 20.6. The lowest BCUT2D eigenvalue weighted by molar-refractivity contribution is -0.137. The fraction of sp³-hybridized carbons (Fsp3) is 0.350. The maximum absolute atomic E-state index is 13.0. The summed E-state index contributed by atoms with van der Waals surface area (Å²) in [7, 11) is 0. The minimum Gasteiger partial charge on any atom is -0.353 e. The third kappa shape index (κ3) is 4.27. The first-order valence-corrected chi connectivity index (χ1v) is 9.81. The lowest BCUT2D eigenvalue weighted by Gasteiger charge is -2.37. The lowest BCUT2D eigenvalue weighted by Crippen LogP contribution is -2.47. The zero-order valence-corrected chi connectivity index (χ0v) is 16.9. The Labute approximate surface area is 176 Å². The molecule has 6 nitrogen and oxygen atoms in total. The summed E-state index contributed by atoms with van der Waals surface area (Å²) < 4.78 is 44.2. The molecule has 1 saturated heterocycles. The first-order valence-electron chi connectivity index (χ1n) is 9.43. The van der Waals surface area contributed by atoms with Crippen LogP contribution < -0.4 is 4.90 Å². The summed E-state index contributed by atoms with van der Waals surface area (Å²) in [6.07, 6.45) is -2.71. The van der Waals surface area contributed by atoms with Gasteiger partial charge in [0.1, 0.15) is 5.82 Å². The number of hydrogen-bond donors (Lipinski definition) is 0. The Morgan fingerprint density at radius 3 is 2.57 bits per heavy atom. The molecular weight excluding hydrogens is 419 g/mol.